The number of ether oxygens (including phenoxy) is 1. The van der Waals surface area contributed by atoms with Crippen LogP contribution in [0, 0.1) is 6.92 Å². The van der Waals surface area contributed by atoms with Gasteiger partial charge in [-0.05, 0) is 48.9 Å². The molecule has 154 valence electrons. The first-order valence-corrected chi connectivity index (χ1v) is 9.49. The first kappa shape index (κ1) is 20.0. The summed E-state index contributed by atoms with van der Waals surface area (Å²) >= 11 is 0. The van der Waals surface area contributed by atoms with Gasteiger partial charge in [-0.3, -0.25) is 0 Å². The third kappa shape index (κ3) is 4.06. The molecule has 3 aromatic carbocycles. The van der Waals surface area contributed by atoms with E-state index in [4.69, 9.17) is 4.74 Å². The maximum Gasteiger partial charge on any atom is 0.337 e. The third-order valence-corrected chi connectivity index (χ3v) is 4.74. The van der Waals surface area contributed by atoms with Gasteiger partial charge in [0.2, 0.25) is 0 Å². The van der Waals surface area contributed by atoms with Crippen molar-refractivity contribution in [3.05, 3.63) is 77.9 Å². The molecule has 0 saturated heterocycles. The Morgan fingerprint density at radius 1 is 0.774 bits per heavy atom. The van der Waals surface area contributed by atoms with Gasteiger partial charge in [-0.2, -0.15) is 0 Å². The van der Waals surface area contributed by atoms with Crippen LogP contribution >= 0.6 is 0 Å². The number of carbonyl (C=O) groups is 1. The lowest BCUT2D eigenvalue weighted by molar-refractivity contribution is 0.0600. The van der Waals surface area contributed by atoms with Crippen LogP contribution in [0.15, 0.2) is 66.7 Å². The molecule has 7 heteroatoms. The number of phenolic OH excluding ortho intramolecular Hbond substituents is 2. The fraction of sp³-hybridized carbons (Fsp3) is 0.0833. The van der Waals surface area contributed by atoms with Crippen LogP contribution in [0.4, 0.5) is 0 Å². The molecule has 4 aromatic rings. The lowest BCUT2D eigenvalue weighted by atomic mass is 10.1. The molecular weight excluding hydrogens is 394 g/mol. The molecule has 1 aromatic heterocycles. The molecule has 7 nitrogen and oxygen atoms in total. The highest BCUT2D eigenvalue weighted by Crippen LogP contribution is 2.32. The van der Waals surface area contributed by atoms with Gasteiger partial charge in [-0.1, -0.05) is 30.3 Å². The second-order valence-electron chi connectivity index (χ2n) is 6.91. The molecule has 0 atom stereocenters. The number of rotatable bonds is 4. The van der Waals surface area contributed by atoms with E-state index < -0.39 is 5.97 Å². The predicted octanol–water partition coefficient (Wildman–Crippen LogP) is 4.38. The summed E-state index contributed by atoms with van der Waals surface area (Å²) in [4.78, 5) is 25.3. The molecule has 0 aliphatic carbocycles. The number of hydrogen-bond donors (Lipinski definition) is 2. The highest BCUT2D eigenvalue weighted by Gasteiger charge is 2.16. The van der Waals surface area contributed by atoms with Crippen LogP contribution in [0.2, 0.25) is 0 Å². The second kappa shape index (κ2) is 8.23. The monoisotopic (exact) mass is 413 g/mol. The fourth-order valence-electron chi connectivity index (χ4n) is 3.11. The SMILES string of the molecule is COC(=O)c1ccc(-c2nc(-c3ccccc3O)nc(-c3ccc(C)cc3O)n2)cc1. The lowest BCUT2D eigenvalue weighted by Gasteiger charge is -2.10. The van der Waals surface area contributed by atoms with Gasteiger partial charge in [0, 0.05) is 5.56 Å². The Kier molecular flexibility index (Phi) is 5.32. The van der Waals surface area contributed by atoms with Crippen LogP contribution < -0.4 is 0 Å². The quantitative estimate of drug-likeness (QED) is 0.478. The molecule has 31 heavy (non-hydrogen) atoms. The van der Waals surface area contributed by atoms with E-state index in [2.05, 4.69) is 15.0 Å². The van der Waals surface area contributed by atoms with E-state index in [1.165, 1.54) is 7.11 Å². The minimum Gasteiger partial charge on any atom is -0.507 e. The Balaban J connectivity index is 1.89. The average molecular weight is 413 g/mol. The summed E-state index contributed by atoms with van der Waals surface area (Å²) in [6.07, 6.45) is 0. The van der Waals surface area contributed by atoms with Gasteiger partial charge >= 0.3 is 5.97 Å². The highest BCUT2D eigenvalue weighted by molar-refractivity contribution is 5.89. The Morgan fingerprint density at radius 2 is 1.39 bits per heavy atom. The largest absolute Gasteiger partial charge is 0.507 e. The molecule has 0 aliphatic rings. The zero-order chi connectivity index (χ0) is 22.0. The number of carbonyl (C=O) groups excluding carboxylic acids is 1. The molecular formula is C24H19N3O4. The molecule has 0 radical (unpaired) electrons. The van der Waals surface area contributed by atoms with Crippen molar-refractivity contribution in [2.45, 2.75) is 6.92 Å². The second-order valence-corrected chi connectivity index (χ2v) is 6.91. The van der Waals surface area contributed by atoms with E-state index in [-0.39, 0.29) is 23.1 Å². The summed E-state index contributed by atoms with van der Waals surface area (Å²) in [5, 5.41) is 20.7. The Labute approximate surface area is 178 Å². The molecule has 0 bridgehead atoms. The van der Waals surface area contributed by atoms with E-state index in [9.17, 15) is 15.0 Å². The zero-order valence-electron chi connectivity index (χ0n) is 16.9. The van der Waals surface area contributed by atoms with Crippen molar-refractivity contribution < 1.29 is 19.7 Å². The van der Waals surface area contributed by atoms with Crippen LogP contribution in [0.1, 0.15) is 15.9 Å². The van der Waals surface area contributed by atoms with Crippen molar-refractivity contribution in [3.8, 4) is 45.7 Å². The molecule has 0 amide bonds. The maximum atomic E-state index is 11.7. The number of hydrogen-bond acceptors (Lipinski definition) is 7. The first-order valence-electron chi connectivity index (χ1n) is 9.49. The van der Waals surface area contributed by atoms with Crippen LogP contribution in [0.25, 0.3) is 34.2 Å². The van der Waals surface area contributed by atoms with Crippen molar-refractivity contribution in [2.75, 3.05) is 7.11 Å². The molecule has 0 spiro atoms. The average Bonchev–Trinajstić information content (AvgIpc) is 2.78. The van der Waals surface area contributed by atoms with Gasteiger partial charge in [0.15, 0.2) is 17.5 Å². The predicted molar refractivity (Wildman–Crippen MR) is 116 cm³/mol. The summed E-state index contributed by atoms with van der Waals surface area (Å²) in [5.41, 5.74) is 2.81. The molecule has 0 saturated carbocycles. The Bertz CT molecular complexity index is 1270. The van der Waals surface area contributed by atoms with Crippen LogP contribution in [-0.2, 0) is 4.74 Å². The summed E-state index contributed by atoms with van der Waals surface area (Å²) in [6, 6.07) is 18.6. The third-order valence-electron chi connectivity index (χ3n) is 4.74. The normalized spacial score (nSPS) is 10.6. The maximum absolute atomic E-state index is 11.7. The van der Waals surface area contributed by atoms with Gasteiger partial charge in [0.25, 0.3) is 0 Å². The topological polar surface area (TPSA) is 105 Å². The number of aryl methyl sites for hydroxylation is 1. The van der Waals surface area contributed by atoms with E-state index in [1.54, 1.807) is 60.7 Å². The Hall–Kier alpha value is -4.26. The van der Waals surface area contributed by atoms with Gasteiger partial charge in [-0.25, -0.2) is 19.7 Å². The van der Waals surface area contributed by atoms with Crippen molar-refractivity contribution >= 4 is 5.97 Å². The number of aromatic nitrogens is 3. The van der Waals surface area contributed by atoms with Gasteiger partial charge in [0.1, 0.15) is 11.5 Å². The van der Waals surface area contributed by atoms with Gasteiger partial charge in [0.05, 0.1) is 23.8 Å². The van der Waals surface area contributed by atoms with Crippen LogP contribution in [-0.4, -0.2) is 38.2 Å². The van der Waals surface area contributed by atoms with E-state index in [0.717, 1.165) is 5.56 Å². The fourth-order valence-corrected chi connectivity index (χ4v) is 3.11. The highest BCUT2D eigenvalue weighted by atomic mass is 16.5. The minimum absolute atomic E-state index is 0.0276. The van der Waals surface area contributed by atoms with Crippen LogP contribution in [0.5, 0.6) is 11.5 Å². The van der Waals surface area contributed by atoms with E-state index in [0.29, 0.717) is 28.1 Å². The zero-order valence-corrected chi connectivity index (χ0v) is 16.9. The standard InChI is InChI=1S/C24H19N3O4/c1-14-7-12-18(20(29)13-14)23-26-21(15-8-10-16(11-9-15)24(30)31-2)25-22(27-23)17-5-3-4-6-19(17)28/h3-13,28-29H,1-2H3. The molecule has 0 fully saturated rings. The van der Waals surface area contributed by atoms with Crippen molar-refractivity contribution in [1.29, 1.82) is 0 Å². The van der Waals surface area contributed by atoms with Crippen molar-refractivity contribution in [1.82, 2.24) is 15.0 Å². The van der Waals surface area contributed by atoms with Crippen molar-refractivity contribution in [2.24, 2.45) is 0 Å². The molecule has 0 unspecified atom stereocenters. The number of methoxy groups -OCH3 is 1. The summed E-state index contributed by atoms with van der Waals surface area (Å²) in [6.45, 7) is 1.87. The van der Waals surface area contributed by atoms with E-state index in [1.807, 2.05) is 13.0 Å². The van der Waals surface area contributed by atoms with Crippen molar-refractivity contribution in [3.63, 3.8) is 0 Å². The number of benzene rings is 3. The van der Waals surface area contributed by atoms with Crippen LogP contribution in [0.3, 0.4) is 0 Å². The number of phenols is 2. The molecule has 2 N–H and O–H groups in total. The Morgan fingerprint density at radius 3 is 2.00 bits per heavy atom. The summed E-state index contributed by atoms with van der Waals surface area (Å²) in [7, 11) is 1.32. The number of nitrogens with zero attached hydrogens (tertiary/aromatic N) is 3. The number of esters is 1. The first-order chi connectivity index (χ1) is 15.0. The molecule has 4 rings (SSSR count). The summed E-state index contributed by atoms with van der Waals surface area (Å²) < 4.78 is 4.74. The number of aromatic hydroxyl groups is 2. The van der Waals surface area contributed by atoms with E-state index >= 15 is 0 Å². The molecule has 1 heterocycles. The minimum atomic E-state index is -0.442. The lowest BCUT2D eigenvalue weighted by Crippen LogP contribution is -2.02. The van der Waals surface area contributed by atoms with Gasteiger partial charge < -0.3 is 14.9 Å². The summed E-state index contributed by atoms with van der Waals surface area (Å²) in [5.74, 6) is 0.483. The molecule has 0 aliphatic heterocycles. The van der Waals surface area contributed by atoms with Gasteiger partial charge in [-0.15, -0.1) is 0 Å². The number of para-hydroxylation sites is 1. The smallest absolute Gasteiger partial charge is 0.337 e.